The van der Waals surface area contributed by atoms with Crippen LogP contribution in [-0.2, 0) is 19.1 Å². The molecule has 0 unspecified atom stereocenters. The van der Waals surface area contributed by atoms with Gasteiger partial charge in [-0.3, -0.25) is 9.69 Å². The number of carbonyl (C=O) groups is 2. The fourth-order valence-corrected chi connectivity index (χ4v) is 4.02. The van der Waals surface area contributed by atoms with E-state index < -0.39 is 0 Å². The van der Waals surface area contributed by atoms with E-state index in [0.717, 1.165) is 12.8 Å². The highest BCUT2D eigenvalue weighted by Crippen LogP contribution is 2.40. The summed E-state index contributed by atoms with van der Waals surface area (Å²) in [5.74, 6) is -0.281. The number of likely N-dealkylation sites (tertiary alicyclic amines) is 1. The van der Waals surface area contributed by atoms with Gasteiger partial charge in [0.25, 0.3) is 0 Å². The van der Waals surface area contributed by atoms with Crippen LogP contribution in [-0.4, -0.2) is 52.6 Å². The Morgan fingerprint density at radius 2 is 1.56 bits per heavy atom. The minimum Gasteiger partial charge on any atom is -0.464 e. The molecule has 1 aliphatic rings. The van der Waals surface area contributed by atoms with Gasteiger partial charge in [-0.1, -0.05) is 0 Å². The van der Waals surface area contributed by atoms with Crippen LogP contribution in [0.1, 0.15) is 81.1 Å². The van der Waals surface area contributed by atoms with E-state index in [4.69, 9.17) is 9.47 Å². The Morgan fingerprint density at radius 3 is 2.00 bits per heavy atom. The van der Waals surface area contributed by atoms with Gasteiger partial charge in [-0.25, -0.2) is 0 Å². The molecular weight excluding hydrogens is 318 g/mol. The number of carbonyl (C=O) groups excluding carboxylic acids is 2. The number of ether oxygens (including phenoxy) is 2. The second kappa shape index (κ2) is 8.17. The predicted octanol–water partition coefficient (Wildman–Crippen LogP) is 3.74. The predicted molar refractivity (Wildman–Crippen MR) is 99.6 cm³/mol. The molecule has 146 valence electrons. The summed E-state index contributed by atoms with van der Waals surface area (Å²) in [4.78, 5) is 25.1. The van der Waals surface area contributed by atoms with Crippen LogP contribution >= 0.6 is 0 Å². The van der Waals surface area contributed by atoms with Gasteiger partial charge in [-0.15, -0.1) is 0 Å². The Balaban J connectivity index is 2.61. The molecule has 0 aromatic heterocycles. The second-order valence-corrected chi connectivity index (χ2v) is 9.46. The Labute approximate surface area is 153 Å². The van der Waals surface area contributed by atoms with Crippen molar-refractivity contribution in [2.45, 2.75) is 104 Å². The average Bonchev–Trinajstić information content (AvgIpc) is 2.36. The summed E-state index contributed by atoms with van der Waals surface area (Å²) < 4.78 is 11.6. The third-order valence-electron chi connectivity index (χ3n) is 4.70. The zero-order valence-electron chi connectivity index (χ0n) is 17.4. The molecule has 0 amide bonds. The van der Waals surface area contributed by atoms with Crippen molar-refractivity contribution in [1.82, 2.24) is 4.90 Å². The Hall–Kier alpha value is -0.940. The zero-order chi connectivity index (χ0) is 19.5. The lowest BCUT2D eigenvalue weighted by Crippen LogP contribution is -2.63. The lowest BCUT2D eigenvalue weighted by Gasteiger charge is -2.55. The summed E-state index contributed by atoms with van der Waals surface area (Å²) in [5, 5.41) is 0. The number of ketones is 1. The lowest BCUT2D eigenvalue weighted by atomic mass is 9.78. The topological polar surface area (TPSA) is 55.8 Å². The maximum Gasteiger partial charge on any atom is 0.306 e. The molecule has 25 heavy (non-hydrogen) atoms. The van der Waals surface area contributed by atoms with Crippen molar-refractivity contribution >= 4 is 11.8 Å². The molecule has 5 heteroatoms. The van der Waals surface area contributed by atoms with E-state index in [9.17, 15) is 9.59 Å². The first-order valence-electron chi connectivity index (χ1n) is 9.34. The Bertz CT molecular complexity index is 459. The first-order valence-corrected chi connectivity index (χ1v) is 9.34. The summed E-state index contributed by atoms with van der Waals surface area (Å²) in [6, 6.07) is 0. The Morgan fingerprint density at radius 1 is 1.04 bits per heavy atom. The van der Waals surface area contributed by atoms with Crippen LogP contribution in [0.5, 0.6) is 0 Å². The quantitative estimate of drug-likeness (QED) is 0.651. The smallest absolute Gasteiger partial charge is 0.306 e. The number of esters is 1. The van der Waals surface area contributed by atoms with Crippen molar-refractivity contribution in [3.63, 3.8) is 0 Å². The van der Waals surface area contributed by atoms with E-state index in [2.05, 4.69) is 53.4 Å². The maximum absolute atomic E-state index is 11.7. The van der Waals surface area contributed by atoms with Gasteiger partial charge in [0.15, 0.2) is 0 Å². The van der Waals surface area contributed by atoms with Gasteiger partial charge >= 0.3 is 5.97 Å². The minimum absolute atomic E-state index is 0.0140. The van der Waals surface area contributed by atoms with E-state index in [1.807, 2.05) is 0 Å². The standard InChI is InChI=1S/C20H37NO4/c1-15(22)9-10-17(23)24-12-11-21-19(5,6)13-16(14-20(21,7)8)25-18(2,3)4/h16H,9-14H2,1-8H3. The SMILES string of the molecule is CC(=O)CCC(=O)OCCN1C(C)(C)CC(OC(C)(C)C)CC1(C)C. The fourth-order valence-electron chi connectivity index (χ4n) is 4.02. The molecule has 0 bridgehead atoms. The van der Waals surface area contributed by atoms with Gasteiger partial charge in [0, 0.05) is 24.0 Å². The normalized spacial score (nSPS) is 21.1. The fraction of sp³-hybridized carbons (Fsp3) is 0.900. The van der Waals surface area contributed by atoms with Crippen LogP contribution in [0.25, 0.3) is 0 Å². The van der Waals surface area contributed by atoms with Crippen LogP contribution in [0.2, 0.25) is 0 Å². The van der Waals surface area contributed by atoms with Gasteiger partial charge in [0.1, 0.15) is 12.4 Å². The van der Waals surface area contributed by atoms with E-state index in [-0.39, 0.29) is 47.4 Å². The van der Waals surface area contributed by atoms with E-state index in [1.54, 1.807) is 0 Å². The third kappa shape index (κ3) is 7.45. The molecule has 1 heterocycles. The van der Waals surface area contributed by atoms with Gasteiger partial charge in [0.05, 0.1) is 18.1 Å². The van der Waals surface area contributed by atoms with Gasteiger partial charge < -0.3 is 14.3 Å². The molecule has 0 N–H and O–H groups in total. The van der Waals surface area contributed by atoms with Crippen LogP contribution in [0.4, 0.5) is 0 Å². The molecule has 5 nitrogen and oxygen atoms in total. The summed E-state index contributed by atoms with van der Waals surface area (Å²) in [6.45, 7) is 17.7. The lowest BCUT2D eigenvalue weighted by molar-refractivity contribution is -0.156. The molecule has 1 aliphatic heterocycles. The average molecular weight is 356 g/mol. The van der Waals surface area contributed by atoms with Crippen molar-refractivity contribution in [3.8, 4) is 0 Å². The summed E-state index contributed by atoms with van der Waals surface area (Å²) in [7, 11) is 0. The first kappa shape index (κ1) is 22.1. The van der Waals surface area contributed by atoms with Crippen molar-refractivity contribution in [2.75, 3.05) is 13.2 Å². The van der Waals surface area contributed by atoms with Crippen LogP contribution in [0, 0.1) is 0 Å². The highest BCUT2D eigenvalue weighted by Gasteiger charge is 2.46. The zero-order valence-corrected chi connectivity index (χ0v) is 17.4. The summed E-state index contributed by atoms with van der Waals surface area (Å²) >= 11 is 0. The number of piperidine rings is 1. The molecule has 1 rings (SSSR count). The molecule has 0 spiro atoms. The molecule has 0 saturated carbocycles. The molecule has 0 atom stereocenters. The van der Waals surface area contributed by atoms with Crippen LogP contribution in [0.3, 0.4) is 0 Å². The summed E-state index contributed by atoms with van der Waals surface area (Å²) in [6.07, 6.45) is 2.55. The number of hydrogen-bond acceptors (Lipinski definition) is 5. The largest absolute Gasteiger partial charge is 0.464 e. The van der Waals surface area contributed by atoms with E-state index in [0.29, 0.717) is 13.2 Å². The number of nitrogens with zero attached hydrogens (tertiary/aromatic N) is 1. The molecule has 0 aromatic carbocycles. The molecular formula is C20H37NO4. The van der Waals surface area contributed by atoms with Gasteiger partial charge in [-0.05, 0) is 68.2 Å². The highest BCUT2D eigenvalue weighted by molar-refractivity contribution is 5.80. The van der Waals surface area contributed by atoms with Gasteiger partial charge in [-0.2, -0.15) is 0 Å². The number of rotatable bonds is 7. The van der Waals surface area contributed by atoms with E-state index >= 15 is 0 Å². The van der Waals surface area contributed by atoms with Crippen molar-refractivity contribution < 1.29 is 19.1 Å². The molecule has 1 saturated heterocycles. The van der Waals surface area contributed by atoms with Crippen molar-refractivity contribution in [2.24, 2.45) is 0 Å². The summed E-state index contributed by atoms with van der Waals surface area (Å²) in [5.41, 5.74) is -0.224. The van der Waals surface area contributed by atoms with Crippen LogP contribution in [0.15, 0.2) is 0 Å². The number of hydrogen-bond donors (Lipinski definition) is 0. The van der Waals surface area contributed by atoms with Crippen molar-refractivity contribution in [3.05, 3.63) is 0 Å². The highest BCUT2D eigenvalue weighted by atomic mass is 16.5. The molecule has 1 fully saturated rings. The Kier molecular flexibility index (Phi) is 7.22. The molecule has 0 aromatic rings. The minimum atomic E-state index is -0.295. The molecule has 0 aliphatic carbocycles. The first-order chi connectivity index (χ1) is 11.2. The molecule has 0 radical (unpaired) electrons. The van der Waals surface area contributed by atoms with Crippen LogP contribution < -0.4 is 0 Å². The van der Waals surface area contributed by atoms with Crippen molar-refractivity contribution in [1.29, 1.82) is 0 Å². The van der Waals surface area contributed by atoms with Gasteiger partial charge in [0.2, 0.25) is 0 Å². The number of Topliss-reactive ketones (excluding diaryl/α,β-unsaturated/α-hetero) is 1. The third-order valence-corrected chi connectivity index (χ3v) is 4.70. The second-order valence-electron chi connectivity index (χ2n) is 9.46. The maximum atomic E-state index is 11.7. The van der Waals surface area contributed by atoms with E-state index in [1.165, 1.54) is 6.92 Å². The monoisotopic (exact) mass is 355 g/mol.